The number of halogens is 3. The van der Waals surface area contributed by atoms with E-state index in [1.54, 1.807) is 4.90 Å². The molecule has 1 amide bonds. The summed E-state index contributed by atoms with van der Waals surface area (Å²) in [6, 6.07) is 17.5. The number of carbonyl (C=O) groups is 1. The molecule has 3 atom stereocenters. The van der Waals surface area contributed by atoms with Gasteiger partial charge in [-0.15, -0.1) is 0 Å². The molecule has 41 heavy (non-hydrogen) atoms. The molecular weight excluding hydrogens is 531 g/mol. The molecule has 6 nitrogen and oxygen atoms in total. The highest BCUT2D eigenvalue weighted by molar-refractivity contribution is 5.95. The first-order chi connectivity index (χ1) is 19.6. The van der Waals surface area contributed by atoms with Gasteiger partial charge in [-0.1, -0.05) is 42.5 Å². The minimum atomic E-state index is -4.58. The molecule has 9 heteroatoms. The van der Waals surface area contributed by atoms with Gasteiger partial charge >= 0.3 is 6.18 Å². The Morgan fingerprint density at radius 1 is 0.902 bits per heavy atom. The minimum Gasteiger partial charge on any atom is -0.497 e. The number of piperazine rings is 1. The molecule has 3 aromatic rings. The molecular formula is C32H38F3N3O3. The van der Waals surface area contributed by atoms with E-state index in [1.165, 1.54) is 13.2 Å². The van der Waals surface area contributed by atoms with Crippen molar-refractivity contribution in [3.05, 3.63) is 77.4 Å². The van der Waals surface area contributed by atoms with E-state index in [0.29, 0.717) is 26.1 Å². The van der Waals surface area contributed by atoms with Gasteiger partial charge in [-0.05, 0) is 54.8 Å². The Morgan fingerprint density at radius 3 is 2.32 bits per heavy atom. The van der Waals surface area contributed by atoms with Crippen LogP contribution in [0.2, 0.25) is 0 Å². The first-order valence-electron chi connectivity index (χ1n) is 14.2. The lowest BCUT2D eigenvalue weighted by molar-refractivity contribution is -0.137. The van der Waals surface area contributed by atoms with E-state index in [2.05, 4.69) is 54.0 Å². The number of morpholine rings is 1. The Morgan fingerprint density at radius 2 is 1.61 bits per heavy atom. The van der Waals surface area contributed by atoms with Crippen LogP contribution in [-0.2, 0) is 17.3 Å². The molecule has 2 fully saturated rings. The van der Waals surface area contributed by atoms with E-state index in [0.717, 1.165) is 54.6 Å². The van der Waals surface area contributed by atoms with Crippen LogP contribution in [0.15, 0.2) is 60.7 Å². The smallest absolute Gasteiger partial charge is 0.416 e. The van der Waals surface area contributed by atoms with Crippen molar-refractivity contribution >= 4 is 16.7 Å². The summed E-state index contributed by atoms with van der Waals surface area (Å²) in [6.07, 6.45) is -3.59. The summed E-state index contributed by atoms with van der Waals surface area (Å²) in [4.78, 5) is 20.3. The number of fused-ring (bicyclic) bond motifs is 1. The average Bonchev–Trinajstić information content (AvgIpc) is 2.94. The fraction of sp³-hybridized carbons (Fsp3) is 0.469. The summed E-state index contributed by atoms with van der Waals surface area (Å²) in [5, 5.41) is 2.26. The van der Waals surface area contributed by atoms with Crippen molar-refractivity contribution in [1.82, 2.24) is 14.7 Å². The van der Waals surface area contributed by atoms with E-state index in [4.69, 9.17) is 9.47 Å². The first-order valence-corrected chi connectivity index (χ1v) is 14.2. The number of carbonyl (C=O) groups excluding carboxylic acids is 1. The van der Waals surface area contributed by atoms with Crippen molar-refractivity contribution < 1.29 is 27.4 Å². The number of ether oxygens (including phenoxy) is 2. The maximum absolute atomic E-state index is 13.8. The monoisotopic (exact) mass is 569 g/mol. The van der Waals surface area contributed by atoms with Gasteiger partial charge in [0.25, 0.3) is 5.91 Å². The van der Waals surface area contributed by atoms with Crippen molar-refractivity contribution in [2.24, 2.45) is 0 Å². The highest BCUT2D eigenvalue weighted by atomic mass is 19.4. The molecule has 3 aromatic carbocycles. The molecule has 2 aliphatic rings. The number of benzene rings is 3. The molecule has 0 aliphatic carbocycles. The number of amides is 1. The molecule has 2 aliphatic heterocycles. The van der Waals surface area contributed by atoms with E-state index in [9.17, 15) is 18.0 Å². The van der Waals surface area contributed by atoms with Crippen molar-refractivity contribution in [2.45, 2.75) is 44.7 Å². The summed E-state index contributed by atoms with van der Waals surface area (Å²) in [7, 11) is 1.31. The second kappa shape index (κ2) is 12.4. The largest absolute Gasteiger partial charge is 0.497 e. The van der Waals surface area contributed by atoms with Crippen LogP contribution in [0, 0.1) is 0 Å². The SMILES string of the molecule is COc1cc(C(=O)N2CCN(CCN3CC(C)OC(C)C3)C[C@H]2Cc2ccc3ccccc3c2)cc(C(F)(F)F)c1. The fourth-order valence-electron chi connectivity index (χ4n) is 6.12. The predicted molar refractivity (Wildman–Crippen MR) is 153 cm³/mol. The van der Waals surface area contributed by atoms with Crippen molar-refractivity contribution in [3.63, 3.8) is 0 Å². The lowest BCUT2D eigenvalue weighted by atomic mass is 9.98. The van der Waals surface area contributed by atoms with Gasteiger partial charge in [0.2, 0.25) is 0 Å². The van der Waals surface area contributed by atoms with Gasteiger partial charge in [0.05, 0.1) is 24.9 Å². The summed E-state index contributed by atoms with van der Waals surface area (Å²) in [6.45, 7) is 9.46. The Kier molecular flexibility index (Phi) is 8.87. The summed E-state index contributed by atoms with van der Waals surface area (Å²) in [5.41, 5.74) is 0.189. The van der Waals surface area contributed by atoms with Crippen molar-refractivity contribution in [3.8, 4) is 5.75 Å². The van der Waals surface area contributed by atoms with Crippen LogP contribution in [0.25, 0.3) is 10.8 Å². The Labute approximate surface area is 239 Å². The maximum atomic E-state index is 13.8. The zero-order chi connectivity index (χ0) is 29.1. The van der Waals surface area contributed by atoms with Crippen LogP contribution >= 0.6 is 0 Å². The Hall–Kier alpha value is -3.14. The third kappa shape index (κ3) is 7.20. The number of rotatable bonds is 7. The summed E-state index contributed by atoms with van der Waals surface area (Å²) in [5.74, 6) is -0.391. The normalized spacial score (nSPS) is 22.7. The van der Waals surface area contributed by atoms with Crippen LogP contribution in [0.4, 0.5) is 13.2 Å². The summed E-state index contributed by atoms with van der Waals surface area (Å²) < 4.78 is 51.9. The van der Waals surface area contributed by atoms with Crippen LogP contribution in [0.5, 0.6) is 5.75 Å². The number of methoxy groups -OCH3 is 1. The Balaban J connectivity index is 1.38. The van der Waals surface area contributed by atoms with Gasteiger partial charge in [-0.3, -0.25) is 14.6 Å². The van der Waals surface area contributed by atoms with E-state index >= 15 is 0 Å². The Bertz CT molecular complexity index is 1350. The number of nitrogens with zero attached hydrogens (tertiary/aromatic N) is 3. The van der Waals surface area contributed by atoms with Crippen molar-refractivity contribution in [1.29, 1.82) is 0 Å². The molecule has 220 valence electrons. The van der Waals surface area contributed by atoms with Crippen molar-refractivity contribution in [2.75, 3.05) is 52.9 Å². The lowest BCUT2D eigenvalue weighted by Crippen LogP contribution is -2.57. The zero-order valence-corrected chi connectivity index (χ0v) is 23.9. The topological polar surface area (TPSA) is 45.2 Å². The van der Waals surface area contributed by atoms with Crippen LogP contribution in [-0.4, -0.2) is 91.8 Å². The fourth-order valence-corrected chi connectivity index (χ4v) is 6.12. The molecule has 2 unspecified atom stereocenters. The lowest BCUT2D eigenvalue weighted by Gasteiger charge is -2.43. The van der Waals surface area contributed by atoms with E-state index in [1.807, 2.05) is 12.1 Å². The molecule has 0 bridgehead atoms. The molecule has 5 rings (SSSR count). The molecule has 0 N–H and O–H groups in total. The van der Waals surface area contributed by atoms with E-state index in [-0.39, 0.29) is 29.6 Å². The van der Waals surface area contributed by atoms with E-state index < -0.39 is 17.6 Å². The molecule has 0 saturated carbocycles. The number of alkyl halides is 3. The number of hydrogen-bond acceptors (Lipinski definition) is 5. The van der Waals surface area contributed by atoms with Gasteiger partial charge in [0.1, 0.15) is 5.75 Å². The highest BCUT2D eigenvalue weighted by Gasteiger charge is 2.35. The minimum absolute atomic E-state index is 0.00933. The quantitative estimate of drug-likeness (QED) is 0.384. The third-order valence-corrected chi connectivity index (χ3v) is 8.06. The standard InChI is InChI=1S/C32H38F3N3O3/c1-22-19-37(20-23(2)41-22)11-10-36-12-13-38(31(39)27-16-28(32(33,34)35)18-30(17-27)40-3)29(21-36)15-24-8-9-25-6-4-5-7-26(25)14-24/h4-9,14,16-18,22-23,29H,10-13,15,19-21H2,1-3H3/t22?,23?,29-/m1/s1. The first kappa shape index (κ1) is 29.4. The van der Waals surface area contributed by atoms with Gasteiger partial charge in [-0.25, -0.2) is 0 Å². The zero-order valence-electron chi connectivity index (χ0n) is 23.9. The molecule has 0 radical (unpaired) electrons. The second-order valence-corrected chi connectivity index (χ2v) is 11.3. The van der Waals surface area contributed by atoms with Crippen LogP contribution < -0.4 is 4.74 Å². The number of hydrogen-bond donors (Lipinski definition) is 0. The van der Waals surface area contributed by atoms with Gasteiger partial charge in [0.15, 0.2) is 0 Å². The van der Waals surface area contributed by atoms with Gasteiger partial charge < -0.3 is 14.4 Å². The van der Waals surface area contributed by atoms with Crippen LogP contribution in [0.1, 0.15) is 35.3 Å². The highest BCUT2D eigenvalue weighted by Crippen LogP contribution is 2.33. The van der Waals surface area contributed by atoms with Gasteiger partial charge in [-0.2, -0.15) is 13.2 Å². The second-order valence-electron chi connectivity index (χ2n) is 11.3. The van der Waals surface area contributed by atoms with Crippen LogP contribution in [0.3, 0.4) is 0 Å². The third-order valence-electron chi connectivity index (χ3n) is 8.06. The molecule has 0 aromatic heterocycles. The average molecular weight is 570 g/mol. The maximum Gasteiger partial charge on any atom is 0.416 e. The summed E-state index contributed by atoms with van der Waals surface area (Å²) >= 11 is 0. The molecule has 2 heterocycles. The molecule has 2 saturated heterocycles. The predicted octanol–water partition coefficient (Wildman–Crippen LogP) is 5.35. The molecule has 0 spiro atoms. The van der Waals surface area contributed by atoms with Gasteiger partial charge in [0, 0.05) is 57.4 Å².